The van der Waals surface area contributed by atoms with E-state index in [0.29, 0.717) is 37.5 Å². The van der Waals surface area contributed by atoms with Crippen molar-refractivity contribution < 1.29 is 35.9 Å². The fraction of sp³-hybridized carbons (Fsp3) is 0.321. The van der Waals surface area contributed by atoms with Crippen LogP contribution in [0.2, 0.25) is 0 Å². The highest BCUT2D eigenvalue weighted by Crippen LogP contribution is 2.27. The Morgan fingerprint density at radius 2 is 1.42 bits per heavy atom. The van der Waals surface area contributed by atoms with Crippen molar-refractivity contribution in [2.75, 3.05) is 37.7 Å². The van der Waals surface area contributed by atoms with E-state index in [1.807, 2.05) is 30.3 Å². The molecule has 0 spiro atoms. The fourth-order valence-electron chi connectivity index (χ4n) is 4.92. The molecule has 0 saturated carbocycles. The molecule has 0 atom stereocenters. The minimum Gasteiger partial charge on any atom is -0.484 e. The molecule has 228 valence electrons. The van der Waals surface area contributed by atoms with Crippen LogP contribution in [0.25, 0.3) is 22.3 Å². The van der Waals surface area contributed by atoms with E-state index in [0.717, 1.165) is 11.8 Å². The number of amides is 1. The molecule has 0 aliphatic carbocycles. The van der Waals surface area contributed by atoms with Gasteiger partial charge in [-0.1, -0.05) is 18.2 Å². The van der Waals surface area contributed by atoms with Crippen LogP contribution in [-0.2, 0) is 17.9 Å². The van der Waals surface area contributed by atoms with Crippen LogP contribution in [0.15, 0.2) is 70.3 Å². The van der Waals surface area contributed by atoms with Crippen molar-refractivity contribution in [2.24, 2.45) is 0 Å². The highest BCUT2D eigenvalue weighted by Gasteiger charge is 2.34. The van der Waals surface area contributed by atoms with Crippen LogP contribution in [0, 0.1) is 0 Å². The van der Waals surface area contributed by atoms with Gasteiger partial charge >= 0.3 is 18.0 Å². The molecule has 4 aromatic rings. The highest BCUT2D eigenvalue weighted by molar-refractivity contribution is 5.82. The van der Waals surface area contributed by atoms with E-state index >= 15 is 0 Å². The van der Waals surface area contributed by atoms with E-state index in [1.165, 1.54) is 24.3 Å². The third-order valence-electron chi connectivity index (χ3n) is 6.96. The molecule has 1 saturated heterocycles. The lowest BCUT2D eigenvalue weighted by molar-refractivity contribution is -0.144. The predicted octanol–water partition coefficient (Wildman–Crippen LogP) is 4.01. The van der Waals surface area contributed by atoms with Crippen molar-refractivity contribution >= 4 is 22.6 Å². The number of benzene rings is 2. The number of anilines is 1. The van der Waals surface area contributed by atoms with Gasteiger partial charge in [-0.05, 0) is 48.0 Å². The number of nitrogens with one attached hydrogen (secondary N) is 1. The molecule has 1 aliphatic rings. The first-order chi connectivity index (χ1) is 20.3. The van der Waals surface area contributed by atoms with Gasteiger partial charge in [0.05, 0.1) is 5.52 Å². The van der Waals surface area contributed by atoms with Gasteiger partial charge in [0.2, 0.25) is 0 Å². The number of carbonyl (C=O) groups excluding carboxylic acids is 1. The molecule has 1 fully saturated rings. The summed E-state index contributed by atoms with van der Waals surface area (Å²) in [6, 6.07) is 16.9. The molecule has 43 heavy (non-hydrogen) atoms. The van der Waals surface area contributed by atoms with Crippen LogP contribution in [-0.4, -0.2) is 70.1 Å². The SMILES string of the molecule is O=C(COc1ccc(-c2cc3c([nH]2)c(=O)n(CC(F)(F)F)c(=O)n3CC(F)(F)F)cc1)N1CCN(c2ccccc2)CC1. The van der Waals surface area contributed by atoms with Crippen LogP contribution in [0.1, 0.15) is 0 Å². The number of halogens is 6. The van der Waals surface area contributed by atoms with E-state index in [-0.39, 0.29) is 27.3 Å². The minimum atomic E-state index is -5.02. The van der Waals surface area contributed by atoms with Gasteiger partial charge in [-0.15, -0.1) is 0 Å². The molecule has 5 rings (SSSR count). The molecule has 0 bridgehead atoms. The maximum Gasteiger partial charge on any atom is 0.406 e. The van der Waals surface area contributed by atoms with Gasteiger partial charge in [-0.25, -0.2) is 9.36 Å². The zero-order valence-electron chi connectivity index (χ0n) is 22.4. The summed E-state index contributed by atoms with van der Waals surface area (Å²) in [6.07, 6.45) is -9.96. The Morgan fingerprint density at radius 1 is 0.814 bits per heavy atom. The molecule has 2 aromatic carbocycles. The molecular formula is C28H25F6N5O4. The second-order valence-corrected chi connectivity index (χ2v) is 9.95. The van der Waals surface area contributed by atoms with E-state index in [2.05, 4.69) is 9.88 Å². The number of para-hydroxylation sites is 1. The summed E-state index contributed by atoms with van der Waals surface area (Å²) in [4.78, 5) is 44.3. The van der Waals surface area contributed by atoms with Gasteiger partial charge < -0.3 is 19.5 Å². The number of alkyl halides is 6. The Balaban J connectivity index is 1.30. The third kappa shape index (κ3) is 6.87. The number of aromatic amines is 1. The number of ether oxygens (including phenoxy) is 1. The number of rotatable bonds is 7. The van der Waals surface area contributed by atoms with Gasteiger partial charge in [-0.2, -0.15) is 26.3 Å². The molecule has 1 N–H and O–H groups in total. The average molecular weight is 610 g/mol. The van der Waals surface area contributed by atoms with Crippen LogP contribution in [0.3, 0.4) is 0 Å². The molecule has 9 nitrogen and oxygen atoms in total. The van der Waals surface area contributed by atoms with E-state index in [9.17, 15) is 40.7 Å². The molecule has 2 aromatic heterocycles. The van der Waals surface area contributed by atoms with Crippen LogP contribution in [0.5, 0.6) is 5.75 Å². The lowest BCUT2D eigenvalue weighted by Gasteiger charge is -2.36. The lowest BCUT2D eigenvalue weighted by atomic mass is 10.1. The number of fused-ring (bicyclic) bond motifs is 1. The summed E-state index contributed by atoms with van der Waals surface area (Å²) in [5.74, 6) is 0.114. The summed E-state index contributed by atoms with van der Waals surface area (Å²) in [7, 11) is 0. The van der Waals surface area contributed by atoms with Crippen molar-refractivity contribution in [3.05, 3.63) is 81.5 Å². The Labute approximate surface area is 239 Å². The summed E-state index contributed by atoms with van der Waals surface area (Å²) in [6.45, 7) is -1.75. The van der Waals surface area contributed by atoms with Crippen molar-refractivity contribution in [3.8, 4) is 17.0 Å². The Bertz CT molecular complexity index is 1720. The first kappa shape index (κ1) is 29.8. The topological polar surface area (TPSA) is 92.6 Å². The standard InChI is InChI=1S/C28H25F6N5O4/c29-27(30,31)16-38-22-14-21(35-24(22)25(41)39(26(38)42)17-28(32,33)34)18-6-8-20(9-7-18)43-15-23(40)37-12-10-36(11-13-37)19-4-2-1-3-5-19/h1-9,14,35H,10-13,15-17H2. The molecule has 15 heteroatoms. The second kappa shape index (κ2) is 11.5. The van der Waals surface area contributed by atoms with E-state index < -0.39 is 47.7 Å². The Morgan fingerprint density at radius 3 is 2.02 bits per heavy atom. The number of nitrogens with zero attached hydrogens (tertiary/aromatic N) is 4. The Hall–Kier alpha value is -4.69. The quantitative estimate of drug-likeness (QED) is 0.320. The zero-order chi connectivity index (χ0) is 30.9. The van der Waals surface area contributed by atoms with E-state index in [4.69, 9.17) is 4.74 Å². The van der Waals surface area contributed by atoms with Crippen LogP contribution < -0.4 is 20.9 Å². The molecular weight excluding hydrogens is 584 g/mol. The number of carbonyl (C=O) groups is 1. The number of hydrogen-bond donors (Lipinski definition) is 1. The summed E-state index contributed by atoms with van der Waals surface area (Å²) in [5, 5.41) is 0. The average Bonchev–Trinajstić information content (AvgIpc) is 3.42. The molecule has 1 aliphatic heterocycles. The number of aromatic nitrogens is 3. The molecule has 0 radical (unpaired) electrons. The van der Waals surface area contributed by atoms with Gasteiger partial charge in [0.15, 0.2) is 6.61 Å². The van der Waals surface area contributed by atoms with Crippen LogP contribution >= 0.6 is 0 Å². The maximum absolute atomic E-state index is 13.2. The number of H-pyrrole nitrogens is 1. The Kier molecular flexibility index (Phi) is 7.99. The van der Waals surface area contributed by atoms with Crippen molar-refractivity contribution in [2.45, 2.75) is 25.4 Å². The number of piperazine rings is 1. The molecule has 0 unspecified atom stereocenters. The van der Waals surface area contributed by atoms with Crippen molar-refractivity contribution in [3.63, 3.8) is 0 Å². The highest BCUT2D eigenvalue weighted by atomic mass is 19.4. The number of hydrogen-bond acceptors (Lipinski definition) is 5. The fourth-order valence-corrected chi connectivity index (χ4v) is 4.92. The zero-order valence-corrected chi connectivity index (χ0v) is 22.4. The van der Waals surface area contributed by atoms with Crippen molar-refractivity contribution in [1.29, 1.82) is 0 Å². The van der Waals surface area contributed by atoms with E-state index in [1.54, 1.807) is 4.90 Å². The second-order valence-electron chi connectivity index (χ2n) is 9.95. The van der Waals surface area contributed by atoms with Crippen molar-refractivity contribution in [1.82, 2.24) is 19.0 Å². The van der Waals surface area contributed by atoms with Gasteiger partial charge in [0.25, 0.3) is 11.5 Å². The molecule has 1 amide bonds. The summed E-state index contributed by atoms with van der Waals surface area (Å²) < 4.78 is 84.0. The lowest BCUT2D eigenvalue weighted by Crippen LogP contribution is -2.50. The minimum absolute atomic E-state index is 0.0885. The predicted molar refractivity (Wildman–Crippen MR) is 145 cm³/mol. The summed E-state index contributed by atoms with van der Waals surface area (Å²) in [5.41, 5.74) is -2.68. The first-order valence-corrected chi connectivity index (χ1v) is 13.1. The first-order valence-electron chi connectivity index (χ1n) is 13.1. The van der Waals surface area contributed by atoms with Gasteiger partial charge in [0.1, 0.15) is 24.4 Å². The van der Waals surface area contributed by atoms with Gasteiger partial charge in [0, 0.05) is 37.6 Å². The monoisotopic (exact) mass is 609 g/mol. The maximum atomic E-state index is 13.2. The van der Waals surface area contributed by atoms with Gasteiger partial charge in [-0.3, -0.25) is 14.2 Å². The normalized spacial score (nSPS) is 14.4. The van der Waals surface area contributed by atoms with Crippen LogP contribution in [0.4, 0.5) is 32.0 Å². The summed E-state index contributed by atoms with van der Waals surface area (Å²) >= 11 is 0. The smallest absolute Gasteiger partial charge is 0.406 e. The third-order valence-corrected chi connectivity index (χ3v) is 6.96. The molecule has 3 heterocycles. The largest absolute Gasteiger partial charge is 0.484 e.